The molecular formula is C29H49N9O13. The highest BCUT2D eigenvalue weighted by molar-refractivity contribution is 5.97. The van der Waals surface area contributed by atoms with Gasteiger partial charge in [-0.2, -0.15) is 0 Å². The number of hydrogen-bond donors (Lipinski definition) is 12. The maximum Gasteiger partial charge on any atom is 0.325 e. The number of rotatable bonds is 25. The van der Waals surface area contributed by atoms with Gasteiger partial charge in [0.05, 0.1) is 12.5 Å². The molecule has 0 unspecified atom stereocenters. The molecule has 0 rings (SSSR count). The Kier molecular flexibility index (Phi) is 20.5. The lowest BCUT2D eigenvalue weighted by atomic mass is 10.0. The number of carboxylic acid groups (broad SMARTS) is 4. The molecule has 0 aliphatic rings. The molecule has 0 fully saturated rings. The Morgan fingerprint density at radius 1 is 0.588 bits per heavy atom. The van der Waals surface area contributed by atoms with Crippen molar-refractivity contribution < 1.29 is 63.6 Å². The SMILES string of the molecule is CC(C)C[C@H](N)C(=O)N[C@@H](CCCN=C(N)N)C(=O)N[C@@H](CCC(=O)O)C(=O)N[C@@H](CC(=O)O)C(=O)N[C@@H](CCC(=O)O)C(=O)N[C@@H](C)C(=O)O. The first-order chi connectivity index (χ1) is 23.6. The minimum Gasteiger partial charge on any atom is -0.481 e. The Morgan fingerprint density at radius 2 is 1.00 bits per heavy atom. The van der Waals surface area contributed by atoms with Gasteiger partial charge in [-0.05, 0) is 44.9 Å². The van der Waals surface area contributed by atoms with E-state index < -0.39 is 122 Å². The zero-order chi connectivity index (χ0) is 39.4. The molecule has 51 heavy (non-hydrogen) atoms. The van der Waals surface area contributed by atoms with Gasteiger partial charge in [0.25, 0.3) is 0 Å². The van der Waals surface area contributed by atoms with Crippen LogP contribution in [0, 0.1) is 5.92 Å². The second kappa shape index (κ2) is 23.0. The molecule has 0 saturated heterocycles. The molecule has 0 spiro atoms. The van der Waals surface area contributed by atoms with Gasteiger partial charge < -0.3 is 64.2 Å². The van der Waals surface area contributed by atoms with Crippen molar-refractivity contribution in [1.29, 1.82) is 0 Å². The predicted molar refractivity (Wildman–Crippen MR) is 176 cm³/mol. The highest BCUT2D eigenvalue weighted by Gasteiger charge is 2.33. The standard InChI is InChI=1S/C29H49N9O13/c1-13(2)11-15(30)23(45)35-16(5-4-10-33-29(31)32)25(47)36-18(7-9-21(41)42)26(48)38-19(12-22(43)44)27(49)37-17(6-8-20(39)40)24(46)34-14(3)28(50)51/h13-19H,4-12,30H2,1-3H3,(H,34,46)(H,35,45)(H,36,47)(H,37,49)(H,38,48)(H,39,40)(H,41,42)(H,43,44)(H,50,51)(H4,31,32,33)/t14-,15-,16-,17-,18-,19-/m0/s1. The van der Waals surface area contributed by atoms with E-state index in [0.717, 1.165) is 6.92 Å². The van der Waals surface area contributed by atoms with Gasteiger partial charge in [0.2, 0.25) is 29.5 Å². The number of carbonyl (C=O) groups is 9. The Morgan fingerprint density at radius 3 is 1.41 bits per heavy atom. The zero-order valence-corrected chi connectivity index (χ0v) is 28.5. The molecule has 288 valence electrons. The molecule has 22 nitrogen and oxygen atoms in total. The van der Waals surface area contributed by atoms with Crippen LogP contribution in [0.2, 0.25) is 0 Å². The van der Waals surface area contributed by atoms with Gasteiger partial charge in [-0.15, -0.1) is 0 Å². The van der Waals surface area contributed by atoms with Crippen LogP contribution in [0.5, 0.6) is 0 Å². The number of amides is 5. The fourth-order valence-corrected chi connectivity index (χ4v) is 4.32. The molecule has 0 aromatic carbocycles. The van der Waals surface area contributed by atoms with Crippen LogP contribution in [0.15, 0.2) is 4.99 Å². The van der Waals surface area contributed by atoms with E-state index in [1.54, 1.807) is 0 Å². The third kappa shape index (κ3) is 19.9. The number of nitrogens with one attached hydrogen (secondary N) is 5. The molecule has 6 atom stereocenters. The summed E-state index contributed by atoms with van der Waals surface area (Å²) in [4.78, 5) is 114. The first-order valence-corrected chi connectivity index (χ1v) is 15.8. The summed E-state index contributed by atoms with van der Waals surface area (Å²) in [6.07, 6.45) is -3.21. The topological polar surface area (TPSA) is 385 Å². The van der Waals surface area contributed by atoms with Gasteiger partial charge in [-0.3, -0.25) is 48.1 Å². The summed E-state index contributed by atoms with van der Waals surface area (Å²) >= 11 is 0. The van der Waals surface area contributed by atoms with Crippen molar-refractivity contribution in [2.45, 2.75) is 108 Å². The van der Waals surface area contributed by atoms with Crippen LogP contribution < -0.4 is 43.8 Å². The van der Waals surface area contributed by atoms with Crippen LogP contribution in [0.1, 0.15) is 72.1 Å². The summed E-state index contributed by atoms with van der Waals surface area (Å²) < 4.78 is 0. The molecule has 0 aliphatic carbocycles. The van der Waals surface area contributed by atoms with Crippen molar-refractivity contribution in [2.75, 3.05) is 6.54 Å². The van der Waals surface area contributed by atoms with Gasteiger partial charge in [0.15, 0.2) is 5.96 Å². The number of aliphatic imine (C=N–C) groups is 1. The van der Waals surface area contributed by atoms with E-state index >= 15 is 0 Å². The molecule has 0 heterocycles. The number of guanidine groups is 1. The third-order valence-corrected chi connectivity index (χ3v) is 6.94. The van der Waals surface area contributed by atoms with Crippen molar-refractivity contribution in [3.05, 3.63) is 0 Å². The second-order valence-electron chi connectivity index (χ2n) is 12.0. The fraction of sp³-hybridized carbons (Fsp3) is 0.655. The highest BCUT2D eigenvalue weighted by atomic mass is 16.4. The Bertz CT molecular complexity index is 1300. The first-order valence-electron chi connectivity index (χ1n) is 15.8. The summed E-state index contributed by atoms with van der Waals surface area (Å²) in [5, 5.41) is 47.8. The molecule has 0 aromatic rings. The molecule has 5 amide bonds. The third-order valence-electron chi connectivity index (χ3n) is 6.94. The minimum absolute atomic E-state index is 0.0232. The maximum absolute atomic E-state index is 13.4. The predicted octanol–water partition coefficient (Wildman–Crippen LogP) is -3.85. The maximum atomic E-state index is 13.4. The lowest BCUT2D eigenvalue weighted by Crippen LogP contribution is -2.59. The molecule has 0 aromatic heterocycles. The van der Waals surface area contributed by atoms with Crippen LogP contribution in [0.25, 0.3) is 0 Å². The summed E-state index contributed by atoms with van der Waals surface area (Å²) in [5.74, 6) is -11.3. The second-order valence-corrected chi connectivity index (χ2v) is 12.0. The van der Waals surface area contributed by atoms with Crippen molar-refractivity contribution in [1.82, 2.24) is 26.6 Å². The van der Waals surface area contributed by atoms with Crippen LogP contribution in [-0.2, 0) is 43.2 Å². The number of nitrogens with two attached hydrogens (primary N) is 3. The zero-order valence-electron chi connectivity index (χ0n) is 28.5. The number of nitrogens with zero attached hydrogens (tertiary/aromatic N) is 1. The summed E-state index contributed by atoms with van der Waals surface area (Å²) in [5.41, 5.74) is 16.6. The van der Waals surface area contributed by atoms with Gasteiger partial charge in [-0.1, -0.05) is 13.8 Å². The monoisotopic (exact) mass is 731 g/mol. The first kappa shape index (κ1) is 45.5. The van der Waals surface area contributed by atoms with Crippen molar-refractivity contribution in [2.24, 2.45) is 28.1 Å². The largest absolute Gasteiger partial charge is 0.481 e. The van der Waals surface area contributed by atoms with Crippen molar-refractivity contribution in [3.8, 4) is 0 Å². The van der Waals surface area contributed by atoms with Crippen molar-refractivity contribution >= 4 is 59.4 Å². The van der Waals surface area contributed by atoms with E-state index in [0.29, 0.717) is 0 Å². The number of aliphatic carboxylic acids is 4. The average molecular weight is 732 g/mol. The molecule has 0 saturated carbocycles. The van der Waals surface area contributed by atoms with Crippen molar-refractivity contribution in [3.63, 3.8) is 0 Å². The Hall–Kier alpha value is -5.54. The van der Waals surface area contributed by atoms with E-state index in [1.807, 2.05) is 19.2 Å². The lowest BCUT2D eigenvalue weighted by molar-refractivity contribution is -0.143. The highest BCUT2D eigenvalue weighted by Crippen LogP contribution is 2.08. The number of hydrogen-bond acceptors (Lipinski definition) is 11. The van der Waals surface area contributed by atoms with Crippen LogP contribution in [0.3, 0.4) is 0 Å². The van der Waals surface area contributed by atoms with Gasteiger partial charge >= 0.3 is 23.9 Å². The fourth-order valence-electron chi connectivity index (χ4n) is 4.32. The quantitative estimate of drug-likeness (QED) is 0.0243. The minimum atomic E-state index is -1.96. The average Bonchev–Trinajstić information content (AvgIpc) is 3.00. The van der Waals surface area contributed by atoms with E-state index in [1.165, 1.54) is 0 Å². The summed E-state index contributed by atoms with van der Waals surface area (Å²) in [6, 6.07) is -9.14. The van der Waals surface area contributed by atoms with Gasteiger partial charge in [-0.25, -0.2) is 0 Å². The molecule has 15 N–H and O–H groups in total. The molecule has 0 radical (unpaired) electrons. The van der Waals surface area contributed by atoms with E-state index in [9.17, 15) is 53.4 Å². The van der Waals surface area contributed by atoms with Gasteiger partial charge in [0.1, 0.15) is 30.2 Å². The number of carboxylic acids is 4. The number of carbonyl (C=O) groups excluding carboxylic acids is 5. The molecular weight excluding hydrogens is 682 g/mol. The van der Waals surface area contributed by atoms with Crippen LogP contribution in [0.4, 0.5) is 0 Å². The molecule has 22 heteroatoms. The molecule has 0 bridgehead atoms. The Labute approximate surface area is 292 Å². The van der Waals surface area contributed by atoms with E-state index in [2.05, 4.69) is 26.3 Å². The normalized spacial score (nSPS) is 14.3. The summed E-state index contributed by atoms with van der Waals surface area (Å²) in [6.45, 7) is 4.78. The smallest absolute Gasteiger partial charge is 0.325 e. The van der Waals surface area contributed by atoms with E-state index in [-0.39, 0.29) is 37.7 Å². The van der Waals surface area contributed by atoms with Gasteiger partial charge in [0, 0.05) is 19.4 Å². The lowest BCUT2D eigenvalue weighted by Gasteiger charge is -2.26. The molecule has 0 aliphatic heterocycles. The Balaban J connectivity index is 6.28. The van der Waals surface area contributed by atoms with Crippen LogP contribution in [-0.4, -0.2) is 123 Å². The van der Waals surface area contributed by atoms with Crippen LogP contribution >= 0.6 is 0 Å². The summed E-state index contributed by atoms with van der Waals surface area (Å²) in [7, 11) is 0. The van der Waals surface area contributed by atoms with E-state index in [4.69, 9.17) is 27.4 Å².